The van der Waals surface area contributed by atoms with Crippen molar-refractivity contribution in [3.8, 4) is 33.6 Å². The average Bonchev–Trinajstić information content (AvgIpc) is 2.69. The summed E-state index contributed by atoms with van der Waals surface area (Å²) < 4.78 is 4.05. The molecule has 0 N–H and O–H groups in total. The maximum absolute atomic E-state index is 4.53. The van der Waals surface area contributed by atoms with E-state index in [1.807, 2.05) is 72.5 Å². The van der Waals surface area contributed by atoms with Crippen LogP contribution < -0.4 is 9.13 Å². The molecular weight excluding hydrogens is 320 g/mol. The van der Waals surface area contributed by atoms with Crippen molar-refractivity contribution in [2.75, 3.05) is 0 Å². The smallest absolute Gasteiger partial charge is 0.169 e. The van der Waals surface area contributed by atoms with Gasteiger partial charge in [-0.1, -0.05) is 0 Å². The minimum absolute atomic E-state index is 0.874. The van der Waals surface area contributed by atoms with Crippen molar-refractivity contribution >= 4 is 0 Å². The molecule has 0 aromatic carbocycles. The lowest BCUT2D eigenvalue weighted by Crippen LogP contribution is -2.25. The fourth-order valence-corrected chi connectivity index (χ4v) is 2.89. The van der Waals surface area contributed by atoms with E-state index in [1.165, 1.54) is 11.1 Å². The quantitative estimate of drug-likeness (QED) is 0.537. The van der Waals surface area contributed by atoms with Gasteiger partial charge in [0.25, 0.3) is 0 Å². The minimum Gasteiger partial charge on any atom is -0.255 e. The molecule has 0 radical (unpaired) electrons. The predicted octanol–water partition coefficient (Wildman–Crippen LogP) is 3.13. The highest BCUT2D eigenvalue weighted by molar-refractivity contribution is 5.72. The predicted molar refractivity (Wildman–Crippen MR) is 101 cm³/mol. The van der Waals surface area contributed by atoms with Crippen LogP contribution in [0.2, 0.25) is 0 Å². The molecule has 26 heavy (non-hydrogen) atoms. The molecule has 0 saturated heterocycles. The molecule has 0 unspecified atom stereocenters. The Labute approximate surface area is 153 Å². The lowest BCUT2D eigenvalue weighted by Gasteiger charge is -2.06. The van der Waals surface area contributed by atoms with Gasteiger partial charge in [-0.2, -0.15) is 0 Å². The van der Waals surface area contributed by atoms with Gasteiger partial charge in [0.2, 0.25) is 0 Å². The molecule has 4 heterocycles. The van der Waals surface area contributed by atoms with Crippen LogP contribution in [-0.4, -0.2) is 9.97 Å². The molecule has 0 aliphatic heterocycles. The van der Waals surface area contributed by atoms with E-state index in [9.17, 15) is 0 Å². The van der Waals surface area contributed by atoms with Crippen molar-refractivity contribution in [1.82, 2.24) is 9.97 Å². The van der Waals surface area contributed by atoms with E-state index in [4.69, 9.17) is 0 Å². The highest BCUT2D eigenvalue weighted by Gasteiger charge is 2.08. The molecule has 0 atom stereocenters. The van der Waals surface area contributed by atoms with Gasteiger partial charge in [-0.3, -0.25) is 9.97 Å². The van der Waals surface area contributed by atoms with Crippen LogP contribution in [0, 0.1) is 0 Å². The molecular formula is C22H20N4+2. The zero-order valence-electron chi connectivity index (χ0n) is 14.9. The Morgan fingerprint density at radius 3 is 1.31 bits per heavy atom. The van der Waals surface area contributed by atoms with E-state index in [2.05, 4.69) is 46.4 Å². The zero-order chi connectivity index (χ0) is 17.9. The number of hydrogen-bond acceptors (Lipinski definition) is 2. The van der Waals surface area contributed by atoms with Gasteiger partial charge < -0.3 is 0 Å². The molecule has 0 bridgehead atoms. The molecule has 4 aromatic rings. The van der Waals surface area contributed by atoms with E-state index in [1.54, 1.807) is 0 Å². The summed E-state index contributed by atoms with van der Waals surface area (Å²) in [4.78, 5) is 9.06. The first kappa shape index (κ1) is 16.1. The second-order valence-electron chi connectivity index (χ2n) is 6.36. The largest absolute Gasteiger partial charge is 0.255 e. The van der Waals surface area contributed by atoms with Crippen molar-refractivity contribution in [3.05, 3.63) is 85.7 Å². The van der Waals surface area contributed by atoms with Crippen molar-refractivity contribution < 1.29 is 9.13 Å². The highest BCUT2D eigenvalue weighted by Crippen LogP contribution is 2.26. The van der Waals surface area contributed by atoms with Crippen molar-refractivity contribution in [1.29, 1.82) is 0 Å². The molecule has 0 amide bonds. The van der Waals surface area contributed by atoms with E-state index in [-0.39, 0.29) is 0 Å². The van der Waals surface area contributed by atoms with Crippen molar-refractivity contribution in [3.63, 3.8) is 0 Å². The molecule has 0 saturated carbocycles. The van der Waals surface area contributed by atoms with Crippen LogP contribution in [-0.2, 0) is 14.1 Å². The van der Waals surface area contributed by atoms with Crippen LogP contribution in [0.15, 0.2) is 85.7 Å². The van der Waals surface area contributed by atoms with Gasteiger partial charge in [0.1, 0.15) is 14.1 Å². The molecule has 4 aromatic heterocycles. The van der Waals surface area contributed by atoms with Crippen molar-refractivity contribution in [2.45, 2.75) is 0 Å². The third-order valence-electron chi connectivity index (χ3n) is 4.41. The first-order chi connectivity index (χ1) is 12.7. The summed E-state index contributed by atoms with van der Waals surface area (Å²) >= 11 is 0. The van der Waals surface area contributed by atoms with Crippen LogP contribution in [0.3, 0.4) is 0 Å². The summed E-state index contributed by atoms with van der Waals surface area (Å²) in [7, 11) is 4.03. The van der Waals surface area contributed by atoms with Gasteiger partial charge in [0.15, 0.2) is 24.8 Å². The Balaban J connectivity index is 1.72. The van der Waals surface area contributed by atoms with Gasteiger partial charge in [-0.05, 0) is 46.5 Å². The Hall–Kier alpha value is -3.40. The fraction of sp³-hybridized carbons (Fsp3) is 0.0909. The van der Waals surface area contributed by atoms with Gasteiger partial charge >= 0.3 is 0 Å². The van der Waals surface area contributed by atoms with Crippen LogP contribution in [0.25, 0.3) is 33.6 Å². The van der Waals surface area contributed by atoms with Crippen molar-refractivity contribution in [2.24, 2.45) is 14.1 Å². The Kier molecular flexibility index (Phi) is 4.23. The number of nitrogens with zero attached hydrogens (tertiary/aromatic N) is 4. The number of rotatable bonds is 3. The third-order valence-corrected chi connectivity index (χ3v) is 4.41. The minimum atomic E-state index is 0.874. The summed E-state index contributed by atoms with van der Waals surface area (Å²) in [6.45, 7) is 0. The Morgan fingerprint density at radius 1 is 0.538 bits per heavy atom. The molecule has 0 spiro atoms. The number of pyridine rings is 4. The SMILES string of the molecule is C[n+]1ccc(-c2ccnc(-c3cc(-c4cc[n+](C)cc4)ccn3)c2)cc1. The van der Waals surface area contributed by atoms with Gasteiger partial charge in [-0.15, -0.1) is 0 Å². The van der Waals surface area contributed by atoms with Crippen LogP contribution in [0.5, 0.6) is 0 Å². The molecule has 0 aliphatic rings. The normalized spacial score (nSPS) is 10.7. The molecule has 4 nitrogen and oxygen atoms in total. The van der Waals surface area contributed by atoms with Gasteiger partial charge in [-0.25, -0.2) is 9.13 Å². The highest BCUT2D eigenvalue weighted by atomic mass is 14.9. The average molecular weight is 340 g/mol. The summed E-state index contributed by atoms with van der Waals surface area (Å²) in [5, 5.41) is 0. The lowest BCUT2D eigenvalue weighted by molar-refractivity contribution is -0.671. The van der Waals surface area contributed by atoms with Gasteiger partial charge in [0, 0.05) is 36.7 Å². The Bertz CT molecular complexity index is 951. The number of hydrogen-bond donors (Lipinski definition) is 0. The first-order valence-electron chi connectivity index (χ1n) is 8.53. The number of aromatic nitrogens is 4. The monoisotopic (exact) mass is 340 g/mol. The summed E-state index contributed by atoms with van der Waals surface area (Å²) in [5.41, 5.74) is 6.35. The molecule has 126 valence electrons. The van der Waals surface area contributed by atoms with Crippen LogP contribution in [0.4, 0.5) is 0 Å². The fourth-order valence-electron chi connectivity index (χ4n) is 2.89. The first-order valence-corrected chi connectivity index (χ1v) is 8.53. The summed E-state index contributed by atoms with van der Waals surface area (Å²) in [6.07, 6.45) is 11.9. The topological polar surface area (TPSA) is 33.5 Å². The second kappa shape index (κ2) is 6.84. The summed E-state index contributed by atoms with van der Waals surface area (Å²) in [5.74, 6) is 0. The van der Waals surface area contributed by atoms with Gasteiger partial charge in [0.05, 0.1) is 11.4 Å². The standard InChI is InChI=1S/C22H20N4/c1-25-11-5-17(6-12-25)19-3-9-23-21(15-19)22-16-20(4-10-24-22)18-7-13-26(2)14-8-18/h3-16H,1-2H3/q+2. The third kappa shape index (κ3) is 3.35. The molecule has 0 aliphatic carbocycles. The van der Waals surface area contributed by atoms with E-state index in [0.29, 0.717) is 0 Å². The molecule has 4 rings (SSSR count). The maximum Gasteiger partial charge on any atom is 0.169 e. The Morgan fingerprint density at radius 2 is 0.923 bits per heavy atom. The maximum atomic E-state index is 4.53. The van der Waals surface area contributed by atoms with Crippen LogP contribution >= 0.6 is 0 Å². The van der Waals surface area contributed by atoms with E-state index < -0.39 is 0 Å². The summed E-state index contributed by atoms with van der Waals surface area (Å²) in [6, 6.07) is 16.7. The lowest BCUT2D eigenvalue weighted by atomic mass is 10.0. The van der Waals surface area contributed by atoms with Crippen LogP contribution in [0.1, 0.15) is 0 Å². The molecule has 4 heteroatoms. The van der Waals surface area contributed by atoms with E-state index in [0.717, 1.165) is 22.5 Å². The van der Waals surface area contributed by atoms with E-state index >= 15 is 0 Å². The molecule has 0 fully saturated rings. The zero-order valence-corrected chi connectivity index (χ0v) is 14.9. The second-order valence-corrected chi connectivity index (χ2v) is 6.36. The number of aryl methyl sites for hydroxylation is 2.